The number of aliphatic carboxylic acids is 1. The van der Waals surface area contributed by atoms with Gasteiger partial charge in [-0.15, -0.1) is 0 Å². The molecule has 0 bridgehead atoms. The lowest BCUT2D eigenvalue weighted by Crippen LogP contribution is -2.67. The molecule has 68 heavy (non-hydrogen) atoms. The molecular formula is C51H62N6O11. The summed E-state index contributed by atoms with van der Waals surface area (Å²) in [6.07, 6.45) is -1.53. The maximum Gasteiger partial charge on any atom is 0.364 e. The molecule has 1 saturated heterocycles. The lowest BCUT2D eigenvalue weighted by atomic mass is 9.70. The SMILES string of the molecule is CCN(CC)c1ccc2c(c1)OC1=C(CCC/C1=C\C=C1/N(C)c3ccccc3C1(C)C)C21c2ccccc2C(=O)N1CCNC(=O)NC[C@@H](O)[C@@H](O)[C@@H]1O[C@@](O)(C(=O)O)C[C@H](O)[C@H]1NC(C)=O. The number of carboxylic acids is 1. The molecule has 4 aliphatic heterocycles. The van der Waals surface area contributed by atoms with E-state index in [1.165, 1.54) is 5.56 Å². The number of urea groups is 1. The molecule has 1 fully saturated rings. The fourth-order valence-electron chi connectivity index (χ4n) is 10.9. The monoisotopic (exact) mass is 934 g/mol. The smallest absolute Gasteiger partial charge is 0.364 e. The Balaban J connectivity index is 1.09. The summed E-state index contributed by atoms with van der Waals surface area (Å²) in [7, 11) is 2.09. The zero-order valence-electron chi connectivity index (χ0n) is 39.3. The van der Waals surface area contributed by atoms with Crippen LogP contribution in [-0.2, 0) is 25.3 Å². The number of anilines is 2. The van der Waals surface area contributed by atoms with Crippen LogP contribution in [-0.4, -0.2) is 130 Å². The predicted molar refractivity (Wildman–Crippen MR) is 253 cm³/mol. The Bertz CT molecular complexity index is 2590. The molecule has 3 aromatic carbocycles. The average Bonchev–Trinajstić information content (AvgIpc) is 3.67. The highest BCUT2D eigenvalue weighted by Gasteiger charge is 2.58. The molecule has 7 atom stereocenters. The van der Waals surface area contributed by atoms with Crippen LogP contribution in [0.15, 0.2) is 101 Å². The van der Waals surface area contributed by atoms with E-state index < -0.39 is 72.7 Å². The molecular weight excluding hydrogens is 873 g/mol. The van der Waals surface area contributed by atoms with Crippen LogP contribution in [0.2, 0.25) is 0 Å². The highest BCUT2D eigenvalue weighted by molar-refractivity contribution is 6.02. The summed E-state index contributed by atoms with van der Waals surface area (Å²) >= 11 is 0. The second-order valence-corrected chi connectivity index (χ2v) is 18.6. The molecule has 1 spiro atoms. The molecule has 362 valence electrons. The number of hydrogen-bond acceptors (Lipinski definition) is 12. The number of para-hydroxylation sites is 1. The number of aliphatic hydroxyl groups is 4. The van der Waals surface area contributed by atoms with Gasteiger partial charge in [-0.1, -0.05) is 62.4 Å². The lowest BCUT2D eigenvalue weighted by Gasteiger charge is -2.47. The van der Waals surface area contributed by atoms with Gasteiger partial charge in [0.1, 0.15) is 29.3 Å². The Morgan fingerprint density at radius 1 is 0.956 bits per heavy atom. The maximum atomic E-state index is 14.9. The van der Waals surface area contributed by atoms with Gasteiger partial charge in [-0.25, -0.2) is 9.59 Å². The van der Waals surface area contributed by atoms with Crippen molar-refractivity contribution in [3.8, 4) is 5.75 Å². The number of aliphatic hydroxyl groups excluding tert-OH is 3. The molecule has 8 N–H and O–H groups in total. The number of nitrogens with one attached hydrogen (secondary N) is 3. The second-order valence-electron chi connectivity index (χ2n) is 18.6. The largest absolute Gasteiger partial charge is 0.477 e. The number of allylic oxidation sites excluding steroid dienone is 4. The number of likely N-dealkylation sites (N-methyl/N-ethyl adjacent to an activating group) is 1. The van der Waals surface area contributed by atoms with Gasteiger partial charge in [0.2, 0.25) is 5.91 Å². The number of amides is 4. The first-order valence-corrected chi connectivity index (χ1v) is 23.3. The van der Waals surface area contributed by atoms with Crippen molar-refractivity contribution >= 4 is 35.2 Å². The highest BCUT2D eigenvalue weighted by Crippen LogP contribution is 2.59. The van der Waals surface area contributed by atoms with E-state index in [4.69, 9.17) is 9.47 Å². The van der Waals surface area contributed by atoms with Crippen LogP contribution < -0.4 is 30.5 Å². The van der Waals surface area contributed by atoms with E-state index in [1.807, 2.05) is 29.2 Å². The number of hydrogen-bond donors (Lipinski definition) is 8. The number of carboxylic acid groups (broad SMARTS) is 1. The van der Waals surface area contributed by atoms with Gasteiger partial charge < -0.3 is 65.7 Å². The van der Waals surface area contributed by atoms with Crippen molar-refractivity contribution in [3.05, 3.63) is 124 Å². The summed E-state index contributed by atoms with van der Waals surface area (Å²) in [6, 6.07) is 20.0. The quantitative estimate of drug-likeness (QED) is 0.122. The summed E-state index contributed by atoms with van der Waals surface area (Å²) in [6.45, 7) is 10.8. The molecule has 0 saturated carbocycles. The number of carbonyl (C=O) groups is 4. The molecule has 0 radical (unpaired) electrons. The van der Waals surface area contributed by atoms with E-state index in [0.29, 0.717) is 17.7 Å². The first kappa shape index (κ1) is 48.2. The van der Waals surface area contributed by atoms with Gasteiger partial charge in [0.15, 0.2) is 0 Å². The van der Waals surface area contributed by atoms with Gasteiger partial charge in [0.25, 0.3) is 11.7 Å². The van der Waals surface area contributed by atoms with Gasteiger partial charge in [0, 0.05) is 98.4 Å². The third-order valence-electron chi connectivity index (χ3n) is 14.3. The van der Waals surface area contributed by atoms with E-state index in [9.17, 15) is 44.7 Å². The second kappa shape index (κ2) is 18.7. The lowest BCUT2D eigenvalue weighted by molar-refractivity contribution is -0.294. The summed E-state index contributed by atoms with van der Waals surface area (Å²) in [5.74, 6) is -4.28. The average molecular weight is 935 g/mol. The molecule has 1 aliphatic carbocycles. The van der Waals surface area contributed by atoms with Crippen LogP contribution in [0.25, 0.3) is 0 Å². The van der Waals surface area contributed by atoms with Gasteiger partial charge in [-0.05, 0) is 74.1 Å². The molecule has 5 aliphatic rings. The normalized spacial score (nSPS) is 26.7. The molecule has 17 heteroatoms. The molecule has 4 heterocycles. The molecule has 8 rings (SSSR count). The molecule has 0 aromatic heterocycles. The van der Waals surface area contributed by atoms with Crippen molar-refractivity contribution in [1.82, 2.24) is 20.9 Å². The highest BCUT2D eigenvalue weighted by atomic mass is 16.7. The molecule has 3 aromatic rings. The fourth-order valence-corrected chi connectivity index (χ4v) is 10.9. The van der Waals surface area contributed by atoms with Crippen LogP contribution in [0.4, 0.5) is 16.2 Å². The standard InChI is InChI=1S/C51H62N6O11/c1-7-56(8-2)31-21-22-35-40(26-31)67-44-30(20-23-41-49(4,5)34-17-11-12-19-37(34)55(41)6)14-13-18-36(44)51(35)33-16-10-9-15-32(33)46(62)57(51)25-24-52-48(65)53-28-39(60)43(61)45-42(54-29(3)58)38(59)27-50(66,68-45)47(63)64/h9-12,15-17,19-23,26,38-39,42-43,45,59-61,66H,7-8,13-14,18,24-25,27-28H2,1-6H3,(H,54,58)(H,63,64)(H2,52,53,65)/b30-20+,41-23-/t38-,39+,42+,43+,45+,50+,51?/m0/s1. The van der Waals surface area contributed by atoms with Crippen LogP contribution in [0.3, 0.4) is 0 Å². The van der Waals surface area contributed by atoms with Gasteiger partial charge in [-0.2, -0.15) is 0 Å². The Morgan fingerprint density at radius 2 is 1.66 bits per heavy atom. The van der Waals surface area contributed by atoms with Crippen LogP contribution >= 0.6 is 0 Å². The number of fused-ring (bicyclic) bond motifs is 6. The Hall–Kier alpha value is -6.24. The summed E-state index contributed by atoms with van der Waals surface area (Å²) in [5.41, 5.74) is 7.29. The number of carbonyl (C=O) groups excluding carboxylic acids is 3. The Kier molecular flexibility index (Phi) is 13.3. The van der Waals surface area contributed by atoms with E-state index in [2.05, 4.69) is 115 Å². The number of benzene rings is 3. The zero-order chi connectivity index (χ0) is 48.9. The summed E-state index contributed by atoms with van der Waals surface area (Å²) in [4.78, 5) is 58.2. The maximum absolute atomic E-state index is 14.9. The van der Waals surface area contributed by atoms with Crippen molar-refractivity contribution < 1.29 is 54.2 Å². The van der Waals surface area contributed by atoms with Gasteiger partial charge in [-0.3, -0.25) is 9.59 Å². The third kappa shape index (κ3) is 8.19. The Morgan fingerprint density at radius 3 is 2.35 bits per heavy atom. The van der Waals surface area contributed by atoms with Crippen LogP contribution in [0.1, 0.15) is 87.4 Å². The first-order valence-electron chi connectivity index (χ1n) is 23.3. The molecule has 4 amide bonds. The zero-order valence-corrected chi connectivity index (χ0v) is 39.3. The molecule has 1 unspecified atom stereocenters. The van der Waals surface area contributed by atoms with E-state index in [0.717, 1.165) is 78.0 Å². The fraction of sp³-hybridized carbons (Fsp3) is 0.451. The first-order chi connectivity index (χ1) is 32.4. The third-order valence-corrected chi connectivity index (χ3v) is 14.3. The van der Waals surface area contributed by atoms with E-state index >= 15 is 0 Å². The number of nitrogens with zero attached hydrogens (tertiary/aromatic N) is 3. The Labute approximate surface area is 395 Å². The van der Waals surface area contributed by atoms with Gasteiger partial charge in [0.05, 0.1) is 18.2 Å². The van der Waals surface area contributed by atoms with Crippen LogP contribution in [0.5, 0.6) is 5.75 Å². The number of ether oxygens (including phenoxy) is 2. The van der Waals surface area contributed by atoms with E-state index in [-0.39, 0.29) is 24.4 Å². The minimum Gasteiger partial charge on any atom is -0.477 e. The minimum absolute atomic E-state index is 0.0345. The molecule has 17 nitrogen and oxygen atoms in total. The number of rotatable bonds is 13. The van der Waals surface area contributed by atoms with Crippen LogP contribution in [0, 0.1) is 0 Å². The predicted octanol–water partition coefficient (Wildman–Crippen LogP) is 3.75. The van der Waals surface area contributed by atoms with Gasteiger partial charge >= 0.3 is 12.0 Å². The van der Waals surface area contributed by atoms with Crippen molar-refractivity contribution in [2.75, 3.05) is 49.6 Å². The van der Waals surface area contributed by atoms with Crippen molar-refractivity contribution in [1.29, 1.82) is 0 Å². The van der Waals surface area contributed by atoms with Crippen molar-refractivity contribution in [2.45, 2.75) is 108 Å². The van der Waals surface area contributed by atoms with Crippen molar-refractivity contribution in [3.63, 3.8) is 0 Å². The summed E-state index contributed by atoms with van der Waals surface area (Å²) < 4.78 is 12.3. The van der Waals surface area contributed by atoms with Crippen molar-refractivity contribution in [2.24, 2.45) is 0 Å². The minimum atomic E-state index is -2.92. The topological polar surface area (TPSA) is 234 Å². The van der Waals surface area contributed by atoms with E-state index in [1.54, 1.807) is 0 Å². The summed E-state index contributed by atoms with van der Waals surface area (Å²) in [5, 5.41) is 60.4.